The Hall–Kier alpha value is -1.90. The maximum atomic E-state index is 11.1. The molecular formula is C24H36O3. The maximum Gasteiger partial charge on any atom is 0.161 e. The second kappa shape index (κ2) is 9.87. The molecule has 0 saturated carbocycles. The van der Waals surface area contributed by atoms with Crippen LogP contribution in [0.4, 0.5) is 0 Å². The van der Waals surface area contributed by atoms with Crippen molar-refractivity contribution in [2.75, 3.05) is 14.2 Å². The van der Waals surface area contributed by atoms with Crippen LogP contribution in [-0.2, 0) is 10.2 Å². The molecular weight excluding hydrogens is 336 g/mol. The van der Waals surface area contributed by atoms with Gasteiger partial charge in [0.2, 0.25) is 0 Å². The molecule has 2 unspecified atom stereocenters. The second-order valence-electron chi connectivity index (χ2n) is 7.69. The zero-order chi connectivity index (χ0) is 19.9. The summed E-state index contributed by atoms with van der Waals surface area (Å²) in [6, 6.07) is 5.93. The van der Waals surface area contributed by atoms with E-state index in [1.807, 2.05) is 12.1 Å². The molecule has 0 saturated heterocycles. The third kappa shape index (κ3) is 4.34. The van der Waals surface area contributed by atoms with Crippen molar-refractivity contribution in [1.82, 2.24) is 0 Å². The summed E-state index contributed by atoms with van der Waals surface area (Å²) >= 11 is 0. The lowest BCUT2D eigenvalue weighted by molar-refractivity contribution is 0.155. The van der Waals surface area contributed by atoms with Crippen molar-refractivity contribution in [2.24, 2.45) is 11.8 Å². The van der Waals surface area contributed by atoms with Gasteiger partial charge in [0.1, 0.15) is 0 Å². The largest absolute Gasteiger partial charge is 0.504 e. The lowest BCUT2D eigenvalue weighted by Crippen LogP contribution is -2.40. The van der Waals surface area contributed by atoms with Crippen LogP contribution >= 0.6 is 0 Å². The maximum absolute atomic E-state index is 11.1. The number of unbranched alkanes of at least 4 members (excludes halogenated alkanes) is 2. The molecule has 3 heteroatoms. The van der Waals surface area contributed by atoms with Crippen molar-refractivity contribution in [3.63, 3.8) is 0 Å². The van der Waals surface area contributed by atoms with Gasteiger partial charge in [-0.1, -0.05) is 70.7 Å². The predicted molar refractivity (Wildman–Crippen MR) is 112 cm³/mol. The number of aromatic hydroxyl groups is 1. The Morgan fingerprint density at radius 3 is 2.26 bits per heavy atom. The summed E-state index contributed by atoms with van der Waals surface area (Å²) in [6.45, 7) is 6.71. The Bertz CT molecular complexity index is 652. The van der Waals surface area contributed by atoms with E-state index in [1.54, 1.807) is 14.2 Å². The molecule has 0 heterocycles. The van der Waals surface area contributed by atoms with Crippen LogP contribution in [0.1, 0.15) is 64.9 Å². The molecule has 1 aromatic carbocycles. The van der Waals surface area contributed by atoms with E-state index < -0.39 is 0 Å². The van der Waals surface area contributed by atoms with E-state index in [2.05, 4.69) is 45.1 Å². The van der Waals surface area contributed by atoms with E-state index >= 15 is 0 Å². The van der Waals surface area contributed by atoms with E-state index in [0.717, 1.165) is 49.8 Å². The van der Waals surface area contributed by atoms with Crippen LogP contribution in [0.3, 0.4) is 0 Å². The van der Waals surface area contributed by atoms with E-state index in [0.29, 0.717) is 11.5 Å². The topological polar surface area (TPSA) is 38.7 Å². The van der Waals surface area contributed by atoms with Gasteiger partial charge in [-0.15, -0.1) is 0 Å². The van der Waals surface area contributed by atoms with Crippen LogP contribution in [0.15, 0.2) is 42.2 Å². The van der Waals surface area contributed by atoms with Crippen molar-refractivity contribution in [2.45, 2.75) is 64.7 Å². The van der Waals surface area contributed by atoms with Gasteiger partial charge in [0.25, 0.3) is 0 Å². The quantitative estimate of drug-likeness (QED) is 0.518. The zero-order valence-corrected chi connectivity index (χ0v) is 17.6. The molecule has 1 aromatic rings. The highest BCUT2D eigenvalue weighted by atomic mass is 16.5. The van der Waals surface area contributed by atoms with Crippen LogP contribution in [0.2, 0.25) is 0 Å². The van der Waals surface area contributed by atoms with Gasteiger partial charge in [-0.25, -0.2) is 0 Å². The minimum atomic E-state index is -0.140. The average molecular weight is 373 g/mol. The molecule has 1 N–H and O–H groups in total. The van der Waals surface area contributed by atoms with Crippen molar-refractivity contribution in [3.8, 4) is 11.5 Å². The van der Waals surface area contributed by atoms with Crippen LogP contribution in [0.5, 0.6) is 11.5 Å². The van der Waals surface area contributed by atoms with Gasteiger partial charge in [0, 0.05) is 16.9 Å². The lowest BCUT2D eigenvalue weighted by atomic mass is 9.59. The lowest BCUT2D eigenvalue weighted by Gasteiger charge is -2.45. The molecule has 0 fully saturated rings. The molecule has 3 nitrogen and oxygen atoms in total. The van der Waals surface area contributed by atoms with Crippen LogP contribution < -0.4 is 4.74 Å². The van der Waals surface area contributed by atoms with Gasteiger partial charge < -0.3 is 14.6 Å². The molecule has 0 spiro atoms. The molecule has 0 amide bonds. The molecule has 2 atom stereocenters. The first-order valence-electron chi connectivity index (χ1n) is 10.3. The smallest absolute Gasteiger partial charge is 0.161 e. The van der Waals surface area contributed by atoms with Crippen LogP contribution in [0, 0.1) is 11.8 Å². The second-order valence-corrected chi connectivity index (χ2v) is 7.69. The summed E-state index contributed by atoms with van der Waals surface area (Å²) in [7, 11) is 3.37. The molecule has 27 heavy (non-hydrogen) atoms. The number of benzene rings is 1. The van der Waals surface area contributed by atoms with Crippen LogP contribution in [-0.4, -0.2) is 19.3 Å². The van der Waals surface area contributed by atoms with Crippen LogP contribution in [0.25, 0.3) is 0 Å². The van der Waals surface area contributed by atoms with Gasteiger partial charge >= 0.3 is 0 Å². The predicted octanol–water partition coefficient (Wildman–Crippen LogP) is 6.37. The van der Waals surface area contributed by atoms with Crippen molar-refractivity contribution in [1.29, 1.82) is 0 Å². The first-order valence-corrected chi connectivity index (χ1v) is 10.3. The summed E-state index contributed by atoms with van der Waals surface area (Å²) < 4.78 is 11.1. The summed E-state index contributed by atoms with van der Waals surface area (Å²) in [6.07, 6.45) is 13.1. The number of ether oxygens (including phenoxy) is 2. The summed E-state index contributed by atoms with van der Waals surface area (Å²) in [5, 5.41) is 11.1. The van der Waals surface area contributed by atoms with E-state index in [-0.39, 0.29) is 17.3 Å². The molecule has 2 rings (SSSR count). The Morgan fingerprint density at radius 2 is 1.70 bits per heavy atom. The monoisotopic (exact) mass is 372 g/mol. The number of hydrogen-bond acceptors (Lipinski definition) is 3. The van der Waals surface area contributed by atoms with Crippen molar-refractivity contribution >= 4 is 0 Å². The Morgan fingerprint density at radius 1 is 1.04 bits per heavy atom. The fourth-order valence-electron chi connectivity index (χ4n) is 4.66. The molecule has 150 valence electrons. The highest BCUT2D eigenvalue weighted by Gasteiger charge is 2.44. The third-order valence-corrected chi connectivity index (χ3v) is 6.15. The zero-order valence-electron chi connectivity index (χ0n) is 17.6. The van der Waals surface area contributed by atoms with E-state index in [4.69, 9.17) is 9.47 Å². The summed E-state index contributed by atoms with van der Waals surface area (Å²) in [4.78, 5) is 0. The Kier molecular flexibility index (Phi) is 7.82. The molecule has 0 aliphatic heterocycles. The molecule has 0 radical (unpaired) electrons. The number of methoxy groups -OCH3 is 2. The Labute approximate surface area is 165 Å². The minimum Gasteiger partial charge on any atom is -0.504 e. The third-order valence-electron chi connectivity index (χ3n) is 6.15. The van der Waals surface area contributed by atoms with E-state index in [9.17, 15) is 5.11 Å². The SMILES string of the molecule is CCCCC(CCCC)(c1cccc(OC)c1O)C1C=CC=C(OC)C1C. The number of hydrogen-bond donors (Lipinski definition) is 1. The number of rotatable bonds is 10. The molecule has 0 aromatic heterocycles. The fraction of sp³-hybridized carbons (Fsp3) is 0.583. The number of allylic oxidation sites excluding steroid dienone is 4. The molecule has 1 aliphatic carbocycles. The molecule has 0 bridgehead atoms. The van der Waals surface area contributed by atoms with Gasteiger partial charge in [0.05, 0.1) is 20.0 Å². The first kappa shape index (κ1) is 21.4. The van der Waals surface area contributed by atoms with Gasteiger partial charge in [0.15, 0.2) is 11.5 Å². The highest BCUT2D eigenvalue weighted by Crippen LogP contribution is 2.52. The first-order chi connectivity index (χ1) is 13.1. The number of phenols is 1. The van der Waals surface area contributed by atoms with Gasteiger partial charge in [-0.3, -0.25) is 0 Å². The summed E-state index contributed by atoms with van der Waals surface area (Å²) in [5.41, 5.74) is 0.876. The van der Waals surface area contributed by atoms with Gasteiger partial charge in [-0.2, -0.15) is 0 Å². The normalized spacial score (nSPS) is 19.7. The minimum absolute atomic E-state index is 0.140. The van der Waals surface area contributed by atoms with E-state index in [1.165, 1.54) is 0 Å². The standard InChI is InChI=1S/C24H36O3/c1-6-8-16-24(17-9-7-2,19-12-10-14-21(26-4)18(19)3)20-13-11-15-22(27-5)23(20)25/h10-15,18-19,25H,6-9,16-17H2,1-5H3. The number of para-hydroxylation sites is 1. The molecule has 1 aliphatic rings. The fourth-order valence-corrected chi connectivity index (χ4v) is 4.66. The average Bonchev–Trinajstić information content (AvgIpc) is 2.69. The highest BCUT2D eigenvalue weighted by molar-refractivity contribution is 5.50. The van der Waals surface area contributed by atoms with Crippen molar-refractivity contribution < 1.29 is 14.6 Å². The Balaban J connectivity index is 2.63. The summed E-state index contributed by atoms with van der Waals surface area (Å²) in [5.74, 6) is 2.40. The van der Waals surface area contributed by atoms with Gasteiger partial charge in [-0.05, 0) is 30.9 Å². The number of phenolic OH excluding ortho intramolecular Hbond substituents is 1. The van der Waals surface area contributed by atoms with Crippen molar-refractivity contribution in [3.05, 3.63) is 47.7 Å².